The number of Topliss-reactive ketones (excluding diaryl/α,β-unsaturated/α-hetero) is 1. The zero-order valence-electron chi connectivity index (χ0n) is 26.8. The number of hydrogen-bond donors (Lipinski definition) is 2. The summed E-state index contributed by atoms with van der Waals surface area (Å²) in [6.45, 7) is 13.3. The summed E-state index contributed by atoms with van der Waals surface area (Å²) in [5, 5.41) is 14.9. The Balaban J connectivity index is 1.95. The number of benzene rings is 2. The number of nitrogens with zero attached hydrogens (tertiary/aromatic N) is 2. The predicted molar refractivity (Wildman–Crippen MR) is 166 cm³/mol. The molecule has 3 atom stereocenters. The molecule has 0 saturated carbocycles. The summed E-state index contributed by atoms with van der Waals surface area (Å²) in [6.07, 6.45) is -0.405. The minimum atomic E-state index is -1.24. The molecule has 1 heterocycles. The van der Waals surface area contributed by atoms with Crippen LogP contribution in [-0.2, 0) is 11.2 Å². The number of aliphatic hydroxyl groups is 1. The van der Waals surface area contributed by atoms with Crippen LogP contribution in [0, 0.1) is 24.5 Å². The third kappa shape index (κ3) is 9.82. The van der Waals surface area contributed by atoms with Gasteiger partial charge in [-0.1, -0.05) is 13.8 Å². The van der Waals surface area contributed by atoms with Gasteiger partial charge in [0.1, 0.15) is 17.2 Å². The molecule has 1 fully saturated rings. The number of aryl methyl sites for hydroxylation is 1. The van der Waals surface area contributed by atoms with Gasteiger partial charge < -0.3 is 25.0 Å². The van der Waals surface area contributed by atoms with Gasteiger partial charge in [-0.05, 0) is 94.3 Å². The lowest BCUT2D eigenvalue weighted by Crippen LogP contribution is -2.60. The van der Waals surface area contributed by atoms with Crippen molar-refractivity contribution in [3.8, 4) is 0 Å². The fraction of sp³-hybridized carbons (Fsp3) is 0.559. The summed E-state index contributed by atoms with van der Waals surface area (Å²) >= 11 is 0. The molecule has 0 bridgehead atoms. The Bertz CT molecular complexity index is 1290. The van der Waals surface area contributed by atoms with Gasteiger partial charge in [-0.2, -0.15) is 0 Å². The van der Waals surface area contributed by atoms with Crippen LogP contribution in [0.15, 0.2) is 36.4 Å². The van der Waals surface area contributed by atoms with Crippen LogP contribution in [0.1, 0.15) is 85.7 Å². The van der Waals surface area contributed by atoms with Gasteiger partial charge in [-0.3, -0.25) is 9.59 Å². The molecule has 1 aliphatic heterocycles. The first-order chi connectivity index (χ1) is 20.7. The molecule has 2 aromatic rings. The van der Waals surface area contributed by atoms with Crippen LogP contribution < -0.4 is 5.32 Å². The Kier molecular flexibility index (Phi) is 12.4. The quantitative estimate of drug-likeness (QED) is 0.305. The van der Waals surface area contributed by atoms with E-state index in [-0.39, 0.29) is 43.2 Å². The fourth-order valence-electron chi connectivity index (χ4n) is 5.70. The first-order valence-corrected chi connectivity index (χ1v) is 15.5. The Morgan fingerprint density at radius 1 is 1.02 bits per heavy atom. The van der Waals surface area contributed by atoms with Gasteiger partial charge in [0.25, 0.3) is 5.91 Å². The summed E-state index contributed by atoms with van der Waals surface area (Å²) < 4.78 is 33.9. The van der Waals surface area contributed by atoms with E-state index in [9.17, 15) is 28.3 Å². The van der Waals surface area contributed by atoms with Crippen molar-refractivity contribution >= 4 is 17.8 Å². The van der Waals surface area contributed by atoms with Gasteiger partial charge in [0, 0.05) is 56.3 Å². The molecular weight excluding hydrogens is 568 g/mol. The Labute approximate surface area is 259 Å². The van der Waals surface area contributed by atoms with Crippen molar-refractivity contribution in [3.63, 3.8) is 0 Å². The molecule has 1 aliphatic rings. The molecule has 8 nitrogen and oxygen atoms in total. The number of rotatable bonds is 12. The van der Waals surface area contributed by atoms with Gasteiger partial charge in [-0.25, -0.2) is 13.6 Å². The zero-order valence-corrected chi connectivity index (χ0v) is 26.8. The molecule has 0 spiro atoms. The average molecular weight is 616 g/mol. The average Bonchev–Trinajstić information content (AvgIpc) is 2.94. The number of amides is 2. The minimum Gasteiger partial charge on any atom is -0.444 e. The van der Waals surface area contributed by atoms with E-state index in [1.54, 1.807) is 43.9 Å². The number of carbonyl (C=O) groups is 3. The van der Waals surface area contributed by atoms with E-state index in [4.69, 9.17) is 4.74 Å². The molecule has 10 heteroatoms. The highest BCUT2D eigenvalue weighted by atomic mass is 19.1. The van der Waals surface area contributed by atoms with Crippen LogP contribution in [0.3, 0.4) is 0 Å². The van der Waals surface area contributed by atoms with Crippen LogP contribution in [0.5, 0.6) is 0 Å². The van der Waals surface area contributed by atoms with Crippen molar-refractivity contribution in [3.05, 3.63) is 70.3 Å². The number of carbonyl (C=O) groups excluding carboxylic acids is 3. The van der Waals surface area contributed by atoms with Crippen LogP contribution in [0.25, 0.3) is 0 Å². The molecule has 2 aromatic carbocycles. The van der Waals surface area contributed by atoms with Gasteiger partial charge in [0.05, 0.1) is 12.1 Å². The van der Waals surface area contributed by atoms with E-state index in [0.29, 0.717) is 30.8 Å². The van der Waals surface area contributed by atoms with Gasteiger partial charge >= 0.3 is 6.09 Å². The maximum absolute atomic E-state index is 14.1. The molecule has 0 aromatic heterocycles. The first kappa shape index (κ1) is 35.1. The first-order valence-electron chi connectivity index (χ1n) is 15.5. The number of ketones is 1. The van der Waals surface area contributed by atoms with E-state index >= 15 is 0 Å². The summed E-state index contributed by atoms with van der Waals surface area (Å²) in [5.41, 5.74) is 0.989. The number of piperazine rings is 1. The van der Waals surface area contributed by atoms with Crippen LogP contribution in [0.4, 0.5) is 13.6 Å². The molecule has 0 unspecified atom stereocenters. The lowest BCUT2D eigenvalue weighted by atomic mass is 9.83. The fourth-order valence-corrected chi connectivity index (χ4v) is 5.70. The summed E-state index contributed by atoms with van der Waals surface area (Å²) in [6, 6.07) is 7.41. The molecule has 1 saturated heterocycles. The third-order valence-electron chi connectivity index (χ3n) is 7.58. The summed E-state index contributed by atoms with van der Waals surface area (Å²) in [7, 11) is 0. The Morgan fingerprint density at radius 2 is 1.64 bits per heavy atom. The zero-order chi connectivity index (χ0) is 32.6. The highest BCUT2D eigenvalue weighted by Gasteiger charge is 2.39. The Hall–Kier alpha value is -3.37. The monoisotopic (exact) mass is 615 g/mol. The molecule has 0 radical (unpaired) electrons. The molecular formula is C34H47F2N3O5. The van der Waals surface area contributed by atoms with Gasteiger partial charge in [-0.15, -0.1) is 0 Å². The SMILES string of the molecule is CCCN(CCC)C(=O)c1cc(C)cc(C(=O)C[C@@H](Cc2cc(F)cc(F)c2)[C@H](O)[C@H]2CNCCN2C(=O)OC(C)(C)C)c1. The van der Waals surface area contributed by atoms with E-state index in [1.807, 2.05) is 20.8 Å². The molecule has 2 N–H and O–H groups in total. The number of halogens is 2. The van der Waals surface area contributed by atoms with E-state index in [1.165, 1.54) is 17.0 Å². The summed E-state index contributed by atoms with van der Waals surface area (Å²) in [4.78, 5) is 43.5. The molecule has 242 valence electrons. The second-order valence-corrected chi connectivity index (χ2v) is 12.7. The smallest absolute Gasteiger partial charge is 0.410 e. The number of ether oxygens (including phenoxy) is 1. The van der Waals surface area contributed by atoms with Crippen molar-refractivity contribution in [2.75, 3.05) is 32.7 Å². The standard InChI is InChI=1S/C34H47F2N3O5/c1-7-10-38(11-8-2)32(42)26-14-22(3)13-24(18-26)30(40)19-25(15-23-16-27(35)20-28(36)17-23)31(41)29-21-37-9-12-39(29)33(43)44-34(4,5)6/h13-14,16-18,20,25,29,31,37,41H,7-12,15,19,21H2,1-6H3/t25-,29-,31+/m1/s1. The third-order valence-corrected chi connectivity index (χ3v) is 7.58. The van der Waals surface area contributed by atoms with Crippen LogP contribution in [0.2, 0.25) is 0 Å². The van der Waals surface area contributed by atoms with Gasteiger partial charge in [0.15, 0.2) is 5.78 Å². The van der Waals surface area contributed by atoms with Crippen molar-refractivity contribution in [1.29, 1.82) is 0 Å². The molecule has 3 rings (SSSR count). The largest absolute Gasteiger partial charge is 0.444 e. The normalized spacial score (nSPS) is 16.8. The number of hydrogen-bond acceptors (Lipinski definition) is 6. The van der Waals surface area contributed by atoms with Gasteiger partial charge in [0.2, 0.25) is 0 Å². The maximum atomic E-state index is 14.1. The highest BCUT2D eigenvalue weighted by molar-refractivity contribution is 6.01. The number of aliphatic hydroxyl groups excluding tert-OH is 1. The van der Waals surface area contributed by atoms with E-state index in [0.717, 1.165) is 24.5 Å². The summed E-state index contributed by atoms with van der Waals surface area (Å²) in [5.74, 6) is -2.82. The van der Waals surface area contributed by atoms with Crippen molar-refractivity contribution in [2.45, 2.75) is 85.0 Å². The highest BCUT2D eigenvalue weighted by Crippen LogP contribution is 2.27. The maximum Gasteiger partial charge on any atom is 0.410 e. The van der Waals surface area contributed by atoms with Crippen molar-refractivity contribution < 1.29 is 33.0 Å². The molecule has 44 heavy (non-hydrogen) atoms. The lowest BCUT2D eigenvalue weighted by Gasteiger charge is -2.41. The van der Waals surface area contributed by atoms with E-state index in [2.05, 4.69) is 5.32 Å². The number of nitrogens with one attached hydrogen (secondary N) is 1. The Morgan fingerprint density at radius 3 is 2.23 bits per heavy atom. The van der Waals surface area contributed by atoms with Crippen molar-refractivity contribution in [1.82, 2.24) is 15.1 Å². The predicted octanol–water partition coefficient (Wildman–Crippen LogP) is 5.54. The topological polar surface area (TPSA) is 99.2 Å². The molecule has 0 aliphatic carbocycles. The lowest BCUT2D eigenvalue weighted by molar-refractivity contribution is -0.0270. The molecule has 2 amide bonds. The van der Waals surface area contributed by atoms with Crippen LogP contribution >= 0.6 is 0 Å². The van der Waals surface area contributed by atoms with Crippen LogP contribution in [-0.4, -0.2) is 83.2 Å². The minimum absolute atomic E-state index is 0.0153. The van der Waals surface area contributed by atoms with Crippen molar-refractivity contribution in [2.24, 2.45) is 5.92 Å². The second kappa shape index (κ2) is 15.6. The second-order valence-electron chi connectivity index (χ2n) is 12.7. The van der Waals surface area contributed by atoms with E-state index < -0.39 is 41.4 Å².